The van der Waals surface area contributed by atoms with Crippen LogP contribution in [0.3, 0.4) is 0 Å². The molecule has 0 radical (unpaired) electrons. The van der Waals surface area contributed by atoms with Gasteiger partial charge in [0.2, 0.25) is 10.0 Å². The summed E-state index contributed by atoms with van der Waals surface area (Å²) in [5.41, 5.74) is 1.07. The van der Waals surface area contributed by atoms with E-state index in [9.17, 15) is 13.2 Å². The van der Waals surface area contributed by atoms with Gasteiger partial charge in [0, 0.05) is 24.7 Å². The summed E-state index contributed by atoms with van der Waals surface area (Å²) in [5.74, 6) is -0.327. The quantitative estimate of drug-likeness (QED) is 0.655. The number of amides is 1. The van der Waals surface area contributed by atoms with Gasteiger partial charge >= 0.3 is 0 Å². The third kappa shape index (κ3) is 4.81. The molecule has 1 saturated heterocycles. The number of carbonyl (C=O) groups is 1. The van der Waals surface area contributed by atoms with Gasteiger partial charge in [-0.05, 0) is 49.7 Å². The minimum atomic E-state index is -3.73. The summed E-state index contributed by atoms with van der Waals surface area (Å²) in [5, 5.41) is 0.833. The van der Waals surface area contributed by atoms with Crippen molar-refractivity contribution < 1.29 is 17.9 Å². The zero-order chi connectivity index (χ0) is 22.1. The Bertz CT molecular complexity index is 1030. The standard InChI is InChI=1S/C21H24Cl2N2O4S/c1-14(2)24(3)30(27,28)17-8-9-19(23)18(12-17)21(26)25-10-11-29-20(13-25)15-4-6-16(22)7-5-15/h4-9,12,14,20H,10-11,13H2,1-3H3. The van der Waals surface area contributed by atoms with E-state index in [1.165, 1.54) is 29.6 Å². The lowest BCUT2D eigenvalue weighted by Crippen LogP contribution is -2.42. The number of carbonyl (C=O) groups excluding carboxylic acids is 1. The van der Waals surface area contributed by atoms with E-state index >= 15 is 0 Å². The van der Waals surface area contributed by atoms with E-state index in [2.05, 4.69) is 0 Å². The molecular formula is C21H24Cl2N2O4S. The molecule has 162 valence electrons. The average Bonchev–Trinajstić information content (AvgIpc) is 2.73. The highest BCUT2D eigenvalue weighted by molar-refractivity contribution is 7.89. The van der Waals surface area contributed by atoms with Gasteiger partial charge in [0.15, 0.2) is 0 Å². The van der Waals surface area contributed by atoms with Crippen LogP contribution in [0.2, 0.25) is 10.0 Å². The van der Waals surface area contributed by atoms with Crippen molar-refractivity contribution in [1.29, 1.82) is 0 Å². The van der Waals surface area contributed by atoms with Gasteiger partial charge in [-0.15, -0.1) is 0 Å². The number of morpholine rings is 1. The number of ether oxygens (including phenoxy) is 1. The van der Waals surface area contributed by atoms with Crippen molar-refractivity contribution in [2.75, 3.05) is 26.7 Å². The Labute approximate surface area is 187 Å². The molecule has 2 aromatic rings. The monoisotopic (exact) mass is 470 g/mol. The first kappa shape index (κ1) is 23.0. The minimum Gasteiger partial charge on any atom is -0.370 e. The highest BCUT2D eigenvalue weighted by atomic mass is 35.5. The highest BCUT2D eigenvalue weighted by Gasteiger charge is 2.29. The molecule has 1 aliphatic rings. The van der Waals surface area contributed by atoms with Crippen molar-refractivity contribution in [1.82, 2.24) is 9.21 Å². The maximum atomic E-state index is 13.2. The fourth-order valence-electron chi connectivity index (χ4n) is 3.16. The first-order valence-corrected chi connectivity index (χ1v) is 11.7. The second-order valence-electron chi connectivity index (χ2n) is 7.42. The first-order chi connectivity index (χ1) is 14.1. The number of benzene rings is 2. The van der Waals surface area contributed by atoms with Gasteiger partial charge in [-0.3, -0.25) is 4.79 Å². The van der Waals surface area contributed by atoms with Gasteiger partial charge in [0.1, 0.15) is 6.10 Å². The molecular weight excluding hydrogens is 447 g/mol. The molecule has 2 aromatic carbocycles. The fourth-order valence-corrected chi connectivity index (χ4v) is 4.87. The molecule has 0 N–H and O–H groups in total. The van der Waals surface area contributed by atoms with Gasteiger partial charge in [-0.25, -0.2) is 8.42 Å². The summed E-state index contributed by atoms with van der Waals surface area (Å²) < 4.78 is 32.7. The van der Waals surface area contributed by atoms with Crippen LogP contribution < -0.4 is 0 Å². The third-order valence-electron chi connectivity index (χ3n) is 5.17. The van der Waals surface area contributed by atoms with E-state index in [1.807, 2.05) is 12.1 Å². The molecule has 0 spiro atoms. The topological polar surface area (TPSA) is 66.9 Å². The van der Waals surface area contributed by atoms with Crippen molar-refractivity contribution in [3.63, 3.8) is 0 Å². The van der Waals surface area contributed by atoms with Crippen LogP contribution >= 0.6 is 23.2 Å². The van der Waals surface area contributed by atoms with Crippen molar-refractivity contribution >= 4 is 39.1 Å². The number of hydrogen-bond donors (Lipinski definition) is 0. The highest BCUT2D eigenvalue weighted by Crippen LogP contribution is 2.28. The molecule has 1 heterocycles. The van der Waals surface area contributed by atoms with Crippen LogP contribution in [0.25, 0.3) is 0 Å². The second kappa shape index (κ2) is 9.24. The molecule has 30 heavy (non-hydrogen) atoms. The molecule has 1 atom stereocenters. The summed E-state index contributed by atoms with van der Waals surface area (Å²) in [4.78, 5) is 14.9. The van der Waals surface area contributed by atoms with Crippen molar-refractivity contribution in [2.24, 2.45) is 0 Å². The summed E-state index contributed by atoms with van der Waals surface area (Å²) in [6, 6.07) is 11.3. The van der Waals surface area contributed by atoms with E-state index < -0.39 is 10.0 Å². The average molecular weight is 471 g/mol. The van der Waals surface area contributed by atoms with Crippen molar-refractivity contribution in [3.05, 3.63) is 63.6 Å². The van der Waals surface area contributed by atoms with Crippen molar-refractivity contribution in [3.8, 4) is 0 Å². The molecule has 3 rings (SSSR count). The lowest BCUT2D eigenvalue weighted by atomic mass is 10.1. The van der Waals surface area contributed by atoms with E-state index in [-0.39, 0.29) is 33.5 Å². The molecule has 0 aromatic heterocycles. The van der Waals surface area contributed by atoms with E-state index in [0.717, 1.165) is 5.56 Å². The van der Waals surface area contributed by atoms with Crippen LogP contribution in [0, 0.1) is 0 Å². The Morgan fingerprint density at radius 1 is 1.17 bits per heavy atom. The van der Waals surface area contributed by atoms with E-state index in [1.54, 1.807) is 30.9 Å². The Morgan fingerprint density at radius 2 is 1.83 bits per heavy atom. The minimum absolute atomic E-state index is 0.0361. The van der Waals surface area contributed by atoms with Gasteiger partial charge in [0.25, 0.3) is 5.91 Å². The summed E-state index contributed by atoms with van der Waals surface area (Å²) >= 11 is 12.2. The molecule has 1 aliphatic heterocycles. The Balaban J connectivity index is 1.86. The maximum Gasteiger partial charge on any atom is 0.255 e. The van der Waals surface area contributed by atoms with Gasteiger partial charge in [-0.2, -0.15) is 4.31 Å². The Kier molecular flexibility index (Phi) is 7.09. The number of rotatable bonds is 5. The SMILES string of the molecule is CC(C)N(C)S(=O)(=O)c1ccc(Cl)c(C(=O)N2CCOC(c3ccc(Cl)cc3)C2)c1. The second-order valence-corrected chi connectivity index (χ2v) is 10.3. The molecule has 0 aliphatic carbocycles. The predicted octanol–water partition coefficient (Wildman–Crippen LogP) is 4.24. The zero-order valence-electron chi connectivity index (χ0n) is 17.0. The molecule has 0 saturated carbocycles. The number of sulfonamides is 1. The molecule has 0 bridgehead atoms. The third-order valence-corrected chi connectivity index (χ3v) is 7.78. The van der Waals surface area contributed by atoms with E-state index in [4.69, 9.17) is 27.9 Å². The molecule has 6 nitrogen and oxygen atoms in total. The summed E-state index contributed by atoms with van der Waals surface area (Å²) in [6.07, 6.45) is -0.294. The first-order valence-electron chi connectivity index (χ1n) is 9.55. The van der Waals surface area contributed by atoms with Crippen LogP contribution in [-0.2, 0) is 14.8 Å². The van der Waals surface area contributed by atoms with Gasteiger partial charge in [0.05, 0.1) is 28.6 Å². The van der Waals surface area contributed by atoms with Gasteiger partial charge in [-0.1, -0.05) is 35.3 Å². The number of nitrogens with zero attached hydrogens (tertiary/aromatic N) is 2. The lowest BCUT2D eigenvalue weighted by Gasteiger charge is -2.33. The normalized spacial score (nSPS) is 17.6. The Morgan fingerprint density at radius 3 is 2.47 bits per heavy atom. The fraction of sp³-hybridized carbons (Fsp3) is 0.381. The van der Waals surface area contributed by atoms with Crippen LogP contribution in [0.5, 0.6) is 0 Å². The molecule has 1 unspecified atom stereocenters. The van der Waals surface area contributed by atoms with Crippen LogP contribution in [-0.4, -0.2) is 56.3 Å². The molecule has 1 fully saturated rings. The smallest absolute Gasteiger partial charge is 0.255 e. The van der Waals surface area contributed by atoms with Gasteiger partial charge < -0.3 is 9.64 Å². The zero-order valence-corrected chi connectivity index (χ0v) is 19.3. The van der Waals surface area contributed by atoms with Crippen molar-refractivity contribution in [2.45, 2.75) is 30.9 Å². The lowest BCUT2D eigenvalue weighted by molar-refractivity contribution is -0.0228. The van der Waals surface area contributed by atoms with Crippen LogP contribution in [0.4, 0.5) is 0 Å². The van der Waals surface area contributed by atoms with Crippen LogP contribution in [0.15, 0.2) is 47.4 Å². The maximum absolute atomic E-state index is 13.2. The van der Waals surface area contributed by atoms with E-state index in [0.29, 0.717) is 24.7 Å². The summed E-state index contributed by atoms with van der Waals surface area (Å²) in [6.45, 7) is 4.65. The Hall–Kier alpha value is -1.64. The number of halogens is 2. The summed E-state index contributed by atoms with van der Waals surface area (Å²) in [7, 11) is -2.22. The number of hydrogen-bond acceptors (Lipinski definition) is 4. The van der Waals surface area contributed by atoms with Crippen LogP contribution in [0.1, 0.15) is 35.9 Å². The molecule has 1 amide bonds. The molecule has 9 heteroatoms. The largest absolute Gasteiger partial charge is 0.370 e. The predicted molar refractivity (Wildman–Crippen MR) is 118 cm³/mol.